The SMILES string of the molecule is CCCc1cc2c(n1Cc1ccc(C)cc1)C(C)[C@@H]1CN(C(=O)c3ccccc3)[C@@](C)(C(=O)OC)[C@H]21. The molecule has 1 aliphatic carbocycles. The predicted molar refractivity (Wildman–Crippen MR) is 141 cm³/mol. The molecular formula is C31H36N2O3. The van der Waals surface area contributed by atoms with E-state index in [9.17, 15) is 9.59 Å². The van der Waals surface area contributed by atoms with Gasteiger partial charge >= 0.3 is 5.97 Å². The zero-order valence-corrected chi connectivity index (χ0v) is 22.0. The third-order valence-corrected chi connectivity index (χ3v) is 8.48. The minimum Gasteiger partial charge on any atom is -0.467 e. The van der Waals surface area contributed by atoms with Crippen LogP contribution in [0, 0.1) is 12.8 Å². The minimum absolute atomic E-state index is 0.0995. The molecule has 1 amide bonds. The molecule has 1 saturated heterocycles. The molecule has 3 aromatic rings. The summed E-state index contributed by atoms with van der Waals surface area (Å²) >= 11 is 0. The van der Waals surface area contributed by atoms with Crippen LogP contribution in [0.3, 0.4) is 0 Å². The molecule has 0 radical (unpaired) electrons. The van der Waals surface area contributed by atoms with Gasteiger partial charge in [0.25, 0.3) is 5.91 Å². The van der Waals surface area contributed by atoms with Crippen LogP contribution >= 0.6 is 0 Å². The van der Waals surface area contributed by atoms with Crippen LogP contribution < -0.4 is 0 Å². The number of rotatable bonds is 6. The van der Waals surface area contributed by atoms with Crippen LogP contribution in [-0.4, -0.2) is 40.5 Å². The highest BCUT2D eigenvalue weighted by Crippen LogP contribution is 2.59. The number of amides is 1. The molecule has 4 atom stereocenters. The van der Waals surface area contributed by atoms with Gasteiger partial charge < -0.3 is 14.2 Å². The van der Waals surface area contributed by atoms with E-state index in [1.165, 1.54) is 35.2 Å². The number of methoxy groups -OCH3 is 1. The molecule has 1 aliphatic heterocycles. The summed E-state index contributed by atoms with van der Waals surface area (Å²) in [6, 6.07) is 20.3. The molecule has 0 saturated carbocycles. The average molecular weight is 485 g/mol. The van der Waals surface area contributed by atoms with Gasteiger partial charge in [-0.3, -0.25) is 4.79 Å². The van der Waals surface area contributed by atoms with Crippen LogP contribution in [0.15, 0.2) is 60.7 Å². The number of ether oxygens (including phenoxy) is 1. The maximum absolute atomic E-state index is 13.7. The molecule has 1 unspecified atom stereocenters. The van der Waals surface area contributed by atoms with Gasteiger partial charge in [0, 0.05) is 41.9 Å². The van der Waals surface area contributed by atoms with Crippen LogP contribution in [0.1, 0.15) is 77.5 Å². The van der Waals surface area contributed by atoms with Gasteiger partial charge in [0.05, 0.1) is 7.11 Å². The molecule has 1 fully saturated rings. The van der Waals surface area contributed by atoms with Crippen molar-refractivity contribution in [1.82, 2.24) is 9.47 Å². The Bertz CT molecular complexity index is 1280. The summed E-state index contributed by atoms with van der Waals surface area (Å²) in [5.41, 5.74) is 5.89. The van der Waals surface area contributed by atoms with E-state index in [2.05, 4.69) is 55.7 Å². The number of aryl methyl sites for hydroxylation is 2. The third-order valence-electron chi connectivity index (χ3n) is 8.48. The van der Waals surface area contributed by atoms with Crippen molar-refractivity contribution in [2.24, 2.45) is 5.92 Å². The zero-order valence-electron chi connectivity index (χ0n) is 22.0. The normalized spacial score (nSPS) is 24.5. The number of hydrogen-bond acceptors (Lipinski definition) is 3. The van der Waals surface area contributed by atoms with Crippen LogP contribution in [0.25, 0.3) is 0 Å². The van der Waals surface area contributed by atoms with Gasteiger partial charge in [-0.1, -0.05) is 68.3 Å². The van der Waals surface area contributed by atoms with Crippen molar-refractivity contribution < 1.29 is 14.3 Å². The van der Waals surface area contributed by atoms with E-state index >= 15 is 0 Å². The summed E-state index contributed by atoms with van der Waals surface area (Å²) in [7, 11) is 1.43. The summed E-state index contributed by atoms with van der Waals surface area (Å²) < 4.78 is 7.84. The Labute approximate surface area is 214 Å². The Kier molecular flexibility index (Phi) is 6.27. The molecule has 188 valence electrons. The van der Waals surface area contributed by atoms with Gasteiger partial charge in [-0.25, -0.2) is 4.79 Å². The third kappa shape index (κ3) is 3.68. The van der Waals surface area contributed by atoms with Crippen molar-refractivity contribution in [2.45, 2.75) is 64.5 Å². The fourth-order valence-electron chi connectivity index (χ4n) is 6.67. The second kappa shape index (κ2) is 9.27. The number of carbonyl (C=O) groups is 2. The minimum atomic E-state index is -1.06. The summed E-state index contributed by atoms with van der Waals surface area (Å²) in [6.45, 7) is 9.83. The summed E-state index contributed by atoms with van der Waals surface area (Å²) in [4.78, 5) is 28.9. The van der Waals surface area contributed by atoms with Crippen LogP contribution in [0.4, 0.5) is 0 Å². The topological polar surface area (TPSA) is 51.5 Å². The molecular weight excluding hydrogens is 448 g/mol. The molecule has 2 aromatic carbocycles. The lowest BCUT2D eigenvalue weighted by molar-refractivity contribution is -0.151. The van der Waals surface area contributed by atoms with Crippen molar-refractivity contribution in [3.8, 4) is 0 Å². The Hall–Kier alpha value is -3.34. The number of carbonyl (C=O) groups excluding carboxylic acids is 2. The first-order valence-electron chi connectivity index (χ1n) is 13.0. The van der Waals surface area contributed by atoms with Crippen molar-refractivity contribution in [2.75, 3.05) is 13.7 Å². The van der Waals surface area contributed by atoms with E-state index < -0.39 is 5.54 Å². The van der Waals surface area contributed by atoms with Crippen LogP contribution in [0.2, 0.25) is 0 Å². The Morgan fingerprint density at radius 1 is 1.08 bits per heavy atom. The molecule has 0 bridgehead atoms. The number of aromatic nitrogens is 1. The average Bonchev–Trinajstić information content (AvgIpc) is 3.49. The van der Waals surface area contributed by atoms with Crippen molar-refractivity contribution in [1.29, 1.82) is 0 Å². The smallest absolute Gasteiger partial charge is 0.332 e. The monoisotopic (exact) mass is 484 g/mol. The fraction of sp³-hybridized carbons (Fsp3) is 0.419. The lowest BCUT2D eigenvalue weighted by atomic mass is 9.78. The lowest BCUT2D eigenvalue weighted by Crippen LogP contribution is -2.54. The summed E-state index contributed by atoms with van der Waals surface area (Å²) in [6.07, 6.45) is 2.02. The molecule has 5 rings (SSSR count). The van der Waals surface area contributed by atoms with Crippen LogP contribution in [-0.2, 0) is 22.5 Å². The number of benzene rings is 2. The first-order chi connectivity index (χ1) is 17.3. The largest absolute Gasteiger partial charge is 0.467 e. The van der Waals surface area contributed by atoms with Crippen molar-refractivity contribution in [3.05, 3.63) is 94.3 Å². The molecule has 5 nitrogen and oxygen atoms in total. The highest BCUT2D eigenvalue weighted by molar-refractivity contribution is 5.99. The van der Waals surface area contributed by atoms with Gasteiger partial charge in [0.15, 0.2) is 0 Å². The second-order valence-corrected chi connectivity index (χ2v) is 10.6. The second-order valence-electron chi connectivity index (χ2n) is 10.6. The van der Waals surface area contributed by atoms with Gasteiger partial charge in [0.2, 0.25) is 0 Å². The molecule has 2 aliphatic rings. The highest BCUT2D eigenvalue weighted by Gasteiger charge is 2.63. The Morgan fingerprint density at radius 2 is 1.78 bits per heavy atom. The van der Waals surface area contributed by atoms with E-state index in [4.69, 9.17) is 4.74 Å². The number of esters is 1. The molecule has 1 aromatic heterocycles. The quantitative estimate of drug-likeness (QED) is 0.422. The standard InChI is InChI=1S/C31H36N2O3/c1-6-10-24-17-25-27-26(21(3)28(25)32(24)18-22-15-13-20(2)14-16-22)19-33(31(27,4)30(35)36-5)29(34)23-11-8-7-9-12-23/h7-9,11-17,21,26-27H,6,10,18-19H2,1-5H3/t21?,26-,27+,31+/m0/s1. The molecule has 0 spiro atoms. The first kappa shape index (κ1) is 24.4. The predicted octanol–water partition coefficient (Wildman–Crippen LogP) is 5.70. The maximum Gasteiger partial charge on any atom is 0.332 e. The Balaban J connectivity index is 1.61. The summed E-state index contributed by atoms with van der Waals surface area (Å²) in [5.74, 6) is -0.176. The van der Waals surface area contributed by atoms with Gasteiger partial charge in [-0.2, -0.15) is 0 Å². The van der Waals surface area contributed by atoms with E-state index in [0.717, 1.165) is 19.4 Å². The maximum atomic E-state index is 13.7. The van der Waals surface area contributed by atoms with E-state index in [0.29, 0.717) is 12.1 Å². The van der Waals surface area contributed by atoms with Crippen molar-refractivity contribution >= 4 is 11.9 Å². The van der Waals surface area contributed by atoms with Gasteiger partial charge in [0.1, 0.15) is 5.54 Å². The van der Waals surface area contributed by atoms with Gasteiger partial charge in [-0.05, 0) is 55.5 Å². The highest BCUT2D eigenvalue weighted by atomic mass is 16.5. The van der Waals surface area contributed by atoms with E-state index in [1.807, 2.05) is 37.3 Å². The Morgan fingerprint density at radius 3 is 2.42 bits per heavy atom. The molecule has 2 heterocycles. The molecule has 0 N–H and O–H groups in total. The van der Waals surface area contributed by atoms with Crippen molar-refractivity contribution in [3.63, 3.8) is 0 Å². The number of nitrogens with zero attached hydrogens (tertiary/aromatic N) is 2. The zero-order chi connectivity index (χ0) is 25.6. The summed E-state index contributed by atoms with van der Waals surface area (Å²) in [5, 5.41) is 0. The number of likely N-dealkylation sites (tertiary alicyclic amines) is 1. The van der Waals surface area contributed by atoms with E-state index in [-0.39, 0.29) is 29.6 Å². The molecule has 36 heavy (non-hydrogen) atoms. The lowest BCUT2D eigenvalue weighted by Gasteiger charge is -2.36. The number of hydrogen-bond donors (Lipinski definition) is 0. The van der Waals surface area contributed by atoms with E-state index in [1.54, 1.807) is 4.90 Å². The van der Waals surface area contributed by atoms with Crippen LogP contribution in [0.5, 0.6) is 0 Å². The molecule has 5 heteroatoms. The first-order valence-corrected chi connectivity index (χ1v) is 13.0. The van der Waals surface area contributed by atoms with Gasteiger partial charge in [-0.15, -0.1) is 0 Å². The fourth-order valence-corrected chi connectivity index (χ4v) is 6.67. The number of fused-ring (bicyclic) bond motifs is 3.